The molecule has 0 aliphatic carbocycles. The normalized spacial score (nSPS) is 26.6. The first kappa shape index (κ1) is 9.14. The zero-order chi connectivity index (χ0) is 10.2. The van der Waals surface area contributed by atoms with Crippen molar-refractivity contribution in [3.63, 3.8) is 0 Å². The van der Waals surface area contributed by atoms with Crippen LogP contribution in [0.5, 0.6) is 0 Å². The molecule has 2 rings (SSSR count). The molecule has 2 heterocycles. The number of hydrogen-bond acceptors (Lipinski definition) is 5. The Morgan fingerprint density at radius 3 is 2.93 bits per heavy atom. The average Bonchev–Trinajstić information content (AvgIpc) is 2.71. The zero-order valence-electron chi connectivity index (χ0n) is 7.69. The van der Waals surface area contributed by atoms with Gasteiger partial charge in [0.2, 0.25) is 0 Å². The van der Waals surface area contributed by atoms with Crippen LogP contribution in [0.25, 0.3) is 0 Å². The fourth-order valence-corrected chi connectivity index (χ4v) is 1.40. The number of rotatable bonds is 2. The molecule has 0 amide bonds. The highest BCUT2D eigenvalue weighted by Crippen LogP contribution is 2.30. The van der Waals surface area contributed by atoms with Crippen LogP contribution in [0, 0.1) is 0 Å². The van der Waals surface area contributed by atoms with Crippen molar-refractivity contribution in [2.24, 2.45) is 0 Å². The summed E-state index contributed by atoms with van der Waals surface area (Å²) in [6, 6.07) is 0. The van der Waals surface area contributed by atoms with Crippen LogP contribution in [0.4, 0.5) is 0 Å². The minimum atomic E-state index is -1.20. The maximum atomic E-state index is 10.5. The number of nitrogens with zero attached hydrogens (tertiary/aromatic N) is 2. The second-order valence-electron chi connectivity index (χ2n) is 3.59. The highest BCUT2D eigenvalue weighted by atomic mass is 16.5. The summed E-state index contributed by atoms with van der Waals surface area (Å²) in [6.45, 7) is 3.08. The molecule has 1 N–H and O–H groups in total. The van der Waals surface area contributed by atoms with Gasteiger partial charge in [-0.1, -0.05) is 5.16 Å². The maximum Gasteiger partial charge on any atom is 0.394 e. The van der Waals surface area contributed by atoms with Gasteiger partial charge in [0.15, 0.2) is 5.82 Å². The van der Waals surface area contributed by atoms with E-state index in [0.717, 1.165) is 6.42 Å². The molecule has 6 nitrogen and oxygen atoms in total. The molecule has 1 saturated heterocycles. The van der Waals surface area contributed by atoms with Crippen molar-refractivity contribution in [3.8, 4) is 0 Å². The summed E-state index contributed by atoms with van der Waals surface area (Å²) in [5.41, 5.74) is -0.308. The first-order valence-electron chi connectivity index (χ1n) is 4.27. The summed E-state index contributed by atoms with van der Waals surface area (Å²) in [7, 11) is 0. The molecule has 76 valence electrons. The van der Waals surface area contributed by atoms with Crippen LogP contribution in [-0.4, -0.2) is 34.4 Å². The molecule has 14 heavy (non-hydrogen) atoms. The first-order valence-corrected chi connectivity index (χ1v) is 4.27. The smallest absolute Gasteiger partial charge is 0.394 e. The van der Waals surface area contributed by atoms with Crippen molar-refractivity contribution in [1.29, 1.82) is 0 Å². The second kappa shape index (κ2) is 3.06. The van der Waals surface area contributed by atoms with Crippen molar-refractivity contribution in [1.82, 2.24) is 10.1 Å². The minimum Gasteiger partial charge on any atom is -0.474 e. The fourth-order valence-electron chi connectivity index (χ4n) is 1.40. The molecule has 0 saturated carbocycles. The topological polar surface area (TPSA) is 85.5 Å². The molecular formula is C8H10N2O4. The van der Waals surface area contributed by atoms with Crippen LogP contribution < -0.4 is 0 Å². The Bertz CT molecular complexity index is 354. The number of carboxylic acids is 1. The largest absolute Gasteiger partial charge is 0.474 e. The van der Waals surface area contributed by atoms with E-state index in [1.807, 2.05) is 6.92 Å². The van der Waals surface area contributed by atoms with Gasteiger partial charge in [-0.05, 0) is 13.3 Å². The summed E-state index contributed by atoms with van der Waals surface area (Å²) < 4.78 is 9.80. The van der Waals surface area contributed by atoms with Gasteiger partial charge in [0.05, 0.1) is 12.0 Å². The Morgan fingerprint density at radius 1 is 1.64 bits per heavy atom. The lowest BCUT2D eigenvalue weighted by molar-refractivity contribution is 0.0643. The predicted molar refractivity (Wildman–Crippen MR) is 44.0 cm³/mol. The van der Waals surface area contributed by atoms with E-state index < -0.39 is 5.97 Å². The third-order valence-electron chi connectivity index (χ3n) is 2.37. The van der Waals surface area contributed by atoms with Gasteiger partial charge < -0.3 is 14.4 Å². The Morgan fingerprint density at radius 2 is 2.43 bits per heavy atom. The highest BCUT2D eigenvalue weighted by Gasteiger charge is 2.36. The molecule has 0 spiro atoms. The number of carboxylic acid groups (broad SMARTS) is 1. The van der Waals surface area contributed by atoms with Crippen LogP contribution in [0.1, 0.15) is 29.9 Å². The quantitative estimate of drug-likeness (QED) is 0.742. The second-order valence-corrected chi connectivity index (χ2v) is 3.59. The molecule has 1 aromatic rings. The lowest BCUT2D eigenvalue weighted by Crippen LogP contribution is -2.23. The van der Waals surface area contributed by atoms with Gasteiger partial charge in [0, 0.05) is 6.61 Å². The molecule has 0 bridgehead atoms. The van der Waals surface area contributed by atoms with Crippen molar-refractivity contribution in [2.75, 3.05) is 13.2 Å². The lowest BCUT2D eigenvalue weighted by atomic mass is 9.89. The van der Waals surface area contributed by atoms with Gasteiger partial charge in [0.25, 0.3) is 0 Å². The molecular weight excluding hydrogens is 188 g/mol. The molecule has 0 aromatic carbocycles. The summed E-state index contributed by atoms with van der Waals surface area (Å²) in [5, 5.41) is 12.2. The van der Waals surface area contributed by atoms with Crippen LogP contribution in [0.15, 0.2) is 4.52 Å². The standard InChI is InChI=1S/C8H10N2O4/c1-8(2-3-13-4-8)7-9-5(6(11)12)14-10-7/h2-4H2,1H3,(H,11,12). The summed E-state index contributed by atoms with van der Waals surface area (Å²) in [6.07, 6.45) is 0.783. The molecule has 1 aromatic heterocycles. The monoisotopic (exact) mass is 198 g/mol. The number of ether oxygens (including phenoxy) is 1. The van der Waals surface area contributed by atoms with Crippen molar-refractivity contribution in [3.05, 3.63) is 11.7 Å². The molecule has 1 atom stereocenters. The predicted octanol–water partition coefficient (Wildman–Crippen LogP) is 0.446. The molecule has 6 heteroatoms. The average molecular weight is 198 g/mol. The van der Waals surface area contributed by atoms with Crippen LogP contribution in [0.3, 0.4) is 0 Å². The van der Waals surface area contributed by atoms with Crippen LogP contribution in [0.2, 0.25) is 0 Å². The molecule has 1 fully saturated rings. The molecule has 0 radical (unpaired) electrons. The van der Waals surface area contributed by atoms with E-state index >= 15 is 0 Å². The van der Waals surface area contributed by atoms with E-state index in [-0.39, 0.29) is 11.3 Å². The first-order chi connectivity index (χ1) is 6.62. The van der Waals surface area contributed by atoms with Gasteiger partial charge in [-0.3, -0.25) is 0 Å². The highest BCUT2D eigenvalue weighted by molar-refractivity contribution is 5.81. The fraction of sp³-hybridized carbons (Fsp3) is 0.625. The van der Waals surface area contributed by atoms with E-state index in [1.54, 1.807) is 0 Å². The summed E-state index contributed by atoms with van der Waals surface area (Å²) in [5.74, 6) is -1.16. The minimum absolute atomic E-state index is 0.308. The van der Waals surface area contributed by atoms with Gasteiger partial charge in [-0.2, -0.15) is 4.98 Å². The van der Waals surface area contributed by atoms with Crippen LogP contribution >= 0.6 is 0 Å². The summed E-state index contributed by atoms with van der Waals surface area (Å²) in [4.78, 5) is 14.3. The third kappa shape index (κ3) is 1.37. The SMILES string of the molecule is CC1(c2noc(C(=O)O)n2)CCOC1. The van der Waals surface area contributed by atoms with Gasteiger partial charge >= 0.3 is 11.9 Å². The van der Waals surface area contributed by atoms with E-state index in [4.69, 9.17) is 9.84 Å². The van der Waals surface area contributed by atoms with E-state index in [0.29, 0.717) is 19.0 Å². The molecule has 1 aliphatic rings. The third-order valence-corrected chi connectivity index (χ3v) is 2.37. The van der Waals surface area contributed by atoms with Crippen LogP contribution in [-0.2, 0) is 10.2 Å². The number of carbonyl (C=O) groups is 1. The van der Waals surface area contributed by atoms with Crippen molar-refractivity contribution < 1.29 is 19.2 Å². The Hall–Kier alpha value is -1.43. The van der Waals surface area contributed by atoms with Gasteiger partial charge in [-0.15, -0.1) is 0 Å². The Kier molecular flexibility index (Phi) is 1.99. The van der Waals surface area contributed by atoms with Gasteiger partial charge in [0.1, 0.15) is 0 Å². The lowest BCUT2D eigenvalue weighted by Gasteiger charge is -2.15. The molecule has 1 aliphatic heterocycles. The van der Waals surface area contributed by atoms with E-state index in [1.165, 1.54) is 0 Å². The maximum absolute atomic E-state index is 10.5. The number of hydrogen-bond donors (Lipinski definition) is 1. The number of aromatic carboxylic acids is 1. The van der Waals surface area contributed by atoms with Gasteiger partial charge in [-0.25, -0.2) is 4.79 Å². The van der Waals surface area contributed by atoms with E-state index in [2.05, 4.69) is 14.7 Å². The number of aromatic nitrogens is 2. The van der Waals surface area contributed by atoms with Crippen molar-refractivity contribution >= 4 is 5.97 Å². The zero-order valence-corrected chi connectivity index (χ0v) is 7.69. The Labute approximate surface area is 79.9 Å². The molecule has 1 unspecified atom stereocenters. The summed E-state index contributed by atoms with van der Waals surface area (Å²) >= 11 is 0. The Balaban J connectivity index is 2.28. The van der Waals surface area contributed by atoms with E-state index in [9.17, 15) is 4.79 Å². The van der Waals surface area contributed by atoms with Crippen molar-refractivity contribution in [2.45, 2.75) is 18.8 Å².